The molecule has 1 N–H and O–H groups in total. The lowest BCUT2D eigenvalue weighted by Crippen LogP contribution is -2.30. The first-order valence-electron chi connectivity index (χ1n) is 5.96. The van der Waals surface area contributed by atoms with Gasteiger partial charge in [0.1, 0.15) is 11.4 Å². The zero-order valence-corrected chi connectivity index (χ0v) is 15.5. The first kappa shape index (κ1) is 16.3. The van der Waals surface area contributed by atoms with E-state index in [1.54, 1.807) is 13.2 Å². The van der Waals surface area contributed by atoms with Crippen LogP contribution in [0.3, 0.4) is 0 Å². The average molecular weight is 510 g/mol. The second-order valence-corrected chi connectivity index (χ2v) is 6.53. The normalized spacial score (nSPS) is 16.3. The number of benzene rings is 1. The molecular formula is C14H12I2N2O3. The molecule has 1 fully saturated rings. The van der Waals surface area contributed by atoms with Crippen molar-refractivity contribution in [2.45, 2.75) is 0 Å². The summed E-state index contributed by atoms with van der Waals surface area (Å²) in [5, 5.41) is 2.57. The number of hydrogen-bond acceptors (Lipinski definition) is 3. The molecule has 0 saturated carbocycles. The van der Waals surface area contributed by atoms with Gasteiger partial charge in [0, 0.05) is 6.54 Å². The van der Waals surface area contributed by atoms with E-state index in [1.807, 2.05) is 12.1 Å². The van der Waals surface area contributed by atoms with Crippen LogP contribution < -0.4 is 10.1 Å². The predicted octanol–water partition coefficient (Wildman–Crippen LogP) is 2.98. The number of carbonyl (C=O) groups is 2. The van der Waals surface area contributed by atoms with Gasteiger partial charge in [-0.05, 0) is 69.0 Å². The van der Waals surface area contributed by atoms with Gasteiger partial charge in [-0.1, -0.05) is 6.08 Å². The molecule has 0 atom stereocenters. The number of nitrogens with one attached hydrogen (secondary N) is 1. The predicted molar refractivity (Wildman–Crippen MR) is 96.8 cm³/mol. The highest BCUT2D eigenvalue weighted by atomic mass is 127. The van der Waals surface area contributed by atoms with Crippen molar-refractivity contribution in [3.05, 3.63) is 43.2 Å². The summed E-state index contributed by atoms with van der Waals surface area (Å²) in [5.41, 5.74) is 1.09. The molecule has 0 spiro atoms. The van der Waals surface area contributed by atoms with Gasteiger partial charge < -0.3 is 10.1 Å². The summed E-state index contributed by atoms with van der Waals surface area (Å²) in [4.78, 5) is 24.9. The maximum atomic E-state index is 12.1. The first-order valence-corrected chi connectivity index (χ1v) is 8.12. The number of methoxy groups -OCH3 is 1. The zero-order valence-electron chi connectivity index (χ0n) is 11.2. The van der Waals surface area contributed by atoms with E-state index < -0.39 is 6.03 Å². The van der Waals surface area contributed by atoms with Gasteiger partial charge in [-0.2, -0.15) is 0 Å². The van der Waals surface area contributed by atoms with Gasteiger partial charge in [0.05, 0.1) is 14.3 Å². The van der Waals surface area contributed by atoms with E-state index in [4.69, 9.17) is 4.74 Å². The van der Waals surface area contributed by atoms with Gasteiger partial charge >= 0.3 is 6.03 Å². The molecule has 1 aromatic rings. The first-order chi connectivity index (χ1) is 9.97. The summed E-state index contributed by atoms with van der Waals surface area (Å²) < 4.78 is 7.17. The Morgan fingerprint density at radius 3 is 2.48 bits per heavy atom. The van der Waals surface area contributed by atoms with Gasteiger partial charge in [0.25, 0.3) is 5.91 Å². The Balaban J connectivity index is 2.35. The van der Waals surface area contributed by atoms with Crippen LogP contribution in [0.5, 0.6) is 5.75 Å². The summed E-state index contributed by atoms with van der Waals surface area (Å²) in [6.07, 6.45) is 3.17. The third-order valence-corrected chi connectivity index (χ3v) is 4.41. The maximum Gasteiger partial charge on any atom is 0.329 e. The highest BCUT2D eigenvalue weighted by molar-refractivity contribution is 14.1. The molecule has 0 radical (unpaired) electrons. The minimum absolute atomic E-state index is 0.194. The van der Waals surface area contributed by atoms with E-state index in [0.717, 1.165) is 23.4 Å². The molecule has 1 aliphatic heterocycles. The lowest BCUT2D eigenvalue weighted by Gasteiger charge is -2.08. The fourth-order valence-electron chi connectivity index (χ4n) is 1.89. The molecule has 7 heteroatoms. The van der Waals surface area contributed by atoms with Crippen molar-refractivity contribution in [1.82, 2.24) is 10.2 Å². The Bertz CT molecular complexity index is 633. The molecule has 1 aromatic carbocycles. The molecule has 0 aliphatic carbocycles. The molecule has 1 saturated heterocycles. The number of urea groups is 1. The average Bonchev–Trinajstić information content (AvgIpc) is 2.66. The number of ether oxygens (including phenoxy) is 1. The van der Waals surface area contributed by atoms with Crippen LogP contribution in [0.4, 0.5) is 4.79 Å². The van der Waals surface area contributed by atoms with Crippen molar-refractivity contribution >= 4 is 63.2 Å². The standard InChI is InChI=1S/C14H12I2N2O3/c1-3-4-18-13(19)11(17-14(18)20)7-8-5-9(15)12(21-2)10(16)6-8/h3,5-7H,1,4H2,2H3,(H,17,20)/b11-7+. The monoisotopic (exact) mass is 510 g/mol. The molecule has 1 aliphatic rings. The fourth-order valence-corrected chi connectivity index (χ4v) is 4.15. The van der Waals surface area contributed by atoms with Crippen molar-refractivity contribution < 1.29 is 14.3 Å². The summed E-state index contributed by atoms with van der Waals surface area (Å²) in [5.74, 6) is 0.453. The van der Waals surface area contributed by atoms with Gasteiger partial charge in [-0.15, -0.1) is 6.58 Å². The van der Waals surface area contributed by atoms with Crippen molar-refractivity contribution in [3.63, 3.8) is 0 Å². The third kappa shape index (κ3) is 3.39. The minimum Gasteiger partial charge on any atom is -0.495 e. The molecular weight excluding hydrogens is 498 g/mol. The topological polar surface area (TPSA) is 58.6 Å². The van der Waals surface area contributed by atoms with Gasteiger partial charge in [-0.25, -0.2) is 4.79 Å². The van der Waals surface area contributed by atoms with Crippen LogP contribution in [0.25, 0.3) is 6.08 Å². The molecule has 2 rings (SSSR count). The van der Waals surface area contributed by atoms with Crippen molar-refractivity contribution in [1.29, 1.82) is 0 Å². The number of rotatable bonds is 4. The lowest BCUT2D eigenvalue weighted by molar-refractivity contribution is -0.122. The molecule has 1 heterocycles. The highest BCUT2D eigenvalue weighted by Crippen LogP contribution is 2.29. The molecule has 0 aromatic heterocycles. The van der Waals surface area contributed by atoms with Crippen LogP contribution in [0.2, 0.25) is 0 Å². The number of carbonyl (C=O) groups excluding carboxylic acids is 2. The molecule has 3 amide bonds. The van der Waals surface area contributed by atoms with Gasteiger partial charge in [0.15, 0.2) is 0 Å². The lowest BCUT2D eigenvalue weighted by atomic mass is 10.2. The van der Waals surface area contributed by atoms with E-state index in [1.165, 1.54) is 6.08 Å². The van der Waals surface area contributed by atoms with Crippen LogP contribution in [-0.2, 0) is 4.79 Å². The summed E-state index contributed by atoms with van der Waals surface area (Å²) in [6.45, 7) is 3.73. The Kier molecular flexibility index (Phi) is 5.25. The Morgan fingerprint density at radius 2 is 1.95 bits per heavy atom. The molecule has 0 unspecified atom stereocenters. The SMILES string of the molecule is C=CCN1C(=O)N/C(=C/c2cc(I)c(OC)c(I)c2)C1=O. The Morgan fingerprint density at radius 1 is 1.33 bits per heavy atom. The minimum atomic E-state index is -0.427. The number of halogens is 2. The second kappa shape index (κ2) is 6.77. The number of hydrogen-bond donors (Lipinski definition) is 1. The Hall–Kier alpha value is -1.10. The molecule has 110 valence electrons. The zero-order chi connectivity index (χ0) is 15.6. The summed E-state index contributed by atoms with van der Waals surface area (Å²) in [7, 11) is 1.62. The van der Waals surface area contributed by atoms with Crippen molar-refractivity contribution in [2.75, 3.05) is 13.7 Å². The smallest absolute Gasteiger partial charge is 0.329 e. The molecule has 0 bridgehead atoms. The summed E-state index contributed by atoms with van der Waals surface area (Å²) in [6, 6.07) is 3.36. The van der Waals surface area contributed by atoms with E-state index in [2.05, 4.69) is 57.1 Å². The summed E-state index contributed by atoms with van der Waals surface area (Å²) >= 11 is 4.34. The molecule has 21 heavy (non-hydrogen) atoms. The number of amides is 3. The van der Waals surface area contributed by atoms with Crippen LogP contribution in [-0.4, -0.2) is 30.5 Å². The largest absolute Gasteiger partial charge is 0.495 e. The van der Waals surface area contributed by atoms with E-state index in [-0.39, 0.29) is 18.1 Å². The fraction of sp³-hybridized carbons (Fsp3) is 0.143. The van der Waals surface area contributed by atoms with E-state index >= 15 is 0 Å². The quantitative estimate of drug-likeness (QED) is 0.294. The van der Waals surface area contributed by atoms with Crippen molar-refractivity contribution in [2.24, 2.45) is 0 Å². The van der Waals surface area contributed by atoms with E-state index in [9.17, 15) is 9.59 Å². The van der Waals surface area contributed by atoms with Gasteiger partial charge in [0.2, 0.25) is 0 Å². The van der Waals surface area contributed by atoms with Crippen LogP contribution in [0.15, 0.2) is 30.5 Å². The van der Waals surface area contributed by atoms with E-state index in [0.29, 0.717) is 0 Å². The third-order valence-electron chi connectivity index (χ3n) is 2.81. The van der Waals surface area contributed by atoms with Crippen LogP contribution in [0.1, 0.15) is 5.56 Å². The molecule has 5 nitrogen and oxygen atoms in total. The van der Waals surface area contributed by atoms with Gasteiger partial charge in [-0.3, -0.25) is 9.69 Å². The van der Waals surface area contributed by atoms with Crippen LogP contribution in [0, 0.1) is 7.14 Å². The number of nitrogens with zero attached hydrogens (tertiary/aromatic N) is 1. The van der Waals surface area contributed by atoms with Crippen molar-refractivity contribution in [3.8, 4) is 5.75 Å². The van der Waals surface area contributed by atoms with Crippen LogP contribution >= 0.6 is 45.2 Å². The number of imide groups is 1. The maximum absolute atomic E-state index is 12.1. The highest BCUT2D eigenvalue weighted by Gasteiger charge is 2.32. The second-order valence-electron chi connectivity index (χ2n) is 4.21. The Labute approximate surface area is 149 Å².